The van der Waals surface area contributed by atoms with Gasteiger partial charge in [-0.25, -0.2) is 27.6 Å². The van der Waals surface area contributed by atoms with Crippen LogP contribution in [0.1, 0.15) is 42.9 Å². The van der Waals surface area contributed by atoms with E-state index in [1.165, 1.54) is 42.5 Å². The first kappa shape index (κ1) is 21.2. The summed E-state index contributed by atoms with van der Waals surface area (Å²) < 4.78 is 39.4. The maximum absolute atomic E-state index is 14.9. The first-order chi connectivity index (χ1) is 14.8. The lowest BCUT2D eigenvalue weighted by Gasteiger charge is -2.10. The number of sulfonamides is 1. The summed E-state index contributed by atoms with van der Waals surface area (Å²) in [5.41, 5.74) is 1.36. The molecule has 1 heterocycles. The van der Waals surface area contributed by atoms with Gasteiger partial charge in [-0.2, -0.15) is 0 Å². The minimum atomic E-state index is -4.02. The number of quaternary nitrogens is 1. The topological polar surface area (TPSA) is 107 Å². The van der Waals surface area contributed by atoms with Crippen molar-refractivity contribution >= 4 is 15.6 Å². The van der Waals surface area contributed by atoms with Crippen LogP contribution in [-0.2, 0) is 16.6 Å². The van der Waals surface area contributed by atoms with E-state index >= 15 is 0 Å². The molecule has 4 N–H and O–H groups in total. The molecule has 0 atom stereocenters. The van der Waals surface area contributed by atoms with Gasteiger partial charge in [-0.1, -0.05) is 18.7 Å². The van der Waals surface area contributed by atoms with Crippen LogP contribution in [0.2, 0.25) is 0 Å². The summed E-state index contributed by atoms with van der Waals surface area (Å²) in [5, 5.41) is 11.8. The summed E-state index contributed by atoms with van der Waals surface area (Å²) in [5.74, 6) is 0.144. The number of nitrogens with zero attached hydrogens (tertiary/aromatic N) is 3. The van der Waals surface area contributed by atoms with Gasteiger partial charge >= 0.3 is 0 Å². The lowest BCUT2D eigenvalue weighted by molar-refractivity contribution is -0.704. The van der Waals surface area contributed by atoms with Crippen LogP contribution in [0.4, 0.5) is 4.39 Å². The predicted octanol–water partition coefficient (Wildman–Crippen LogP) is 1.72. The third kappa shape index (κ3) is 4.66. The molecule has 1 aliphatic rings. The van der Waals surface area contributed by atoms with Crippen LogP contribution in [0.5, 0.6) is 0 Å². The van der Waals surface area contributed by atoms with Gasteiger partial charge in [-0.3, -0.25) is 0 Å². The summed E-state index contributed by atoms with van der Waals surface area (Å²) in [6, 6.07) is 14.9. The predicted molar refractivity (Wildman–Crippen MR) is 113 cm³/mol. The molecule has 1 fully saturated rings. The molecule has 1 saturated carbocycles. The lowest BCUT2D eigenvalue weighted by Crippen LogP contribution is -2.88. The van der Waals surface area contributed by atoms with Crippen molar-refractivity contribution < 1.29 is 18.1 Å². The normalized spacial score (nSPS) is 14.5. The van der Waals surface area contributed by atoms with Gasteiger partial charge in [0.05, 0.1) is 10.9 Å². The first-order valence-electron chi connectivity index (χ1n) is 10.0. The Kier molecular flexibility index (Phi) is 5.87. The summed E-state index contributed by atoms with van der Waals surface area (Å²) in [7, 11) is -4.02. The van der Waals surface area contributed by atoms with Crippen molar-refractivity contribution in [1.82, 2.24) is 14.8 Å². The Hall–Kier alpha value is -3.06. The maximum Gasteiger partial charge on any atom is 0.238 e. The summed E-state index contributed by atoms with van der Waals surface area (Å²) in [6.07, 6.45) is 4.79. The number of rotatable bonds is 7. The van der Waals surface area contributed by atoms with Crippen molar-refractivity contribution in [1.29, 1.82) is 0 Å². The molecule has 7 nitrogen and oxygen atoms in total. The number of aromatic nitrogens is 3. The van der Waals surface area contributed by atoms with Crippen molar-refractivity contribution in [3.63, 3.8) is 0 Å². The minimum Gasteiger partial charge on any atom is -0.337 e. The fraction of sp³-hybridized carbons (Fsp3) is 0.273. The SMILES string of the molecule is C=C(c1cc#ccc1)c1nc(C[NH2+]C2CCCC2)nn1-c1ccc(S(N)(=O)=O)cc1F. The Morgan fingerprint density at radius 1 is 1.29 bits per heavy atom. The van der Waals surface area contributed by atoms with Gasteiger partial charge in [0.25, 0.3) is 0 Å². The fourth-order valence-electron chi connectivity index (χ4n) is 3.77. The number of halogens is 1. The number of hydrogen-bond donors (Lipinski definition) is 2. The highest BCUT2D eigenvalue weighted by Crippen LogP contribution is 2.25. The van der Waals surface area contributed by atoms with Crippen molar-refractivity contribution in [3.8, 4) is 5.69 Å². The van der Waals surface area contributed by atoms with Gasteiger partial charge in [-0.05, 0) is 67.6 Å². The average molecular weight is 441 g/mol. The van der Waals surface area contributed by atoms with Gasteiger partial charge in [0.15, 0.2) is 5.82 Å². The summed E-state index contributed by atoms with van der Waals surface area (Å²) >= 11 is 0. The Morgan fingerprint density at radius 2 is 2.06 bits per heavy atom. The molecule has 0 spiro atoms. The Morgan fingerprint density at radius 3 is 2.71 bits per heavy atom. The van der Waals surface area contributed by atoms with Gasteiger partial charge in [0.2, 0.25) is 15.8 Å². The molecule has 0 amide bonds. The quantitative estimate of drug-likeness (QED) is 0.583. The van der Waals surface area contributed by atoms with E-state index < -0.39 is 15.8 Å². The van der Waals surface area contributed by atoms with Crippen LogP contribution in [0, 0.1) is 17.9 Å². The van der Waals surface area contributed by atoms with E-state index in [4.69, 9.17) is 5.14 Å². The fourth-order valence-corrected chi connectivity index (χ4v) is 4.30. The number of benzene rings is 1. The van der Waals surface area contributed by atoms with E-state index in [-0.39, 0.29) is 10.6 Å². The van der Waals surface area contributed by atoms with Crippen LogP contribution in [0.15, 0.2) is 47.9 Å². The molecule has 1 aromatic heterocycles. The van der Waals surface area contributed by atoms with Crippen LogP contribution < -0.4 is 10.5 Å². The second-order valence-electron chi connectivity index (χ2n) is 7.61. The van der Waals surface area contributed by atoms with Crippen LogP contribution in [-0.4, -0.2) is 29.2 Å². The first-order valence-corrected chi connectivity index (χ1v) is 11.6. The molecule has 4 rings (SSSR count). The highest BCUT2D eigenvalue weighted by Gasteiger charge is 2.22. The van der Waals surface area contributed by atoms with Gasteiger partial charge in [0, 0.05) is 5.57 Å². The second-order valence-corrected chi connectivity index (χ2v) is 9.17. The van der Waals surface area contributed by atoms with Crippen LogP contribution in [0.3, 0.4) is 0 Å². The molecule has 0 radical (unpaired) electrons. The average Bonchev–Trinajstić information content (AvgIpc) is 3.41. The largest absolute Gasteiger partial charge is 0.337 e. The van der Waals surface area contributed by atoms with E-state index in [2.05, 4.69) is 34.1 Å². The zero-order valence-corrected chi connectivity index (χ0v) is 17.7. The summed E-state index contributed by atoms with van der Waals surface area (Å²) in [6.45, 7) is 4.67. The molecule has 0 bridgehead atoms. The van der Waals surface area contributed by atoms with Gasteiger partial charge in [-0.15, -0.1) is 5.10 Å². The Labute approximate surface area is 180 Å². The van der Waals surface area contributed by atoms with Gasteiger partial charge < -0.3 is 5.32 Å². The Bertz CT molecular complexity index is 1200. The van der Waals surface area contributed by atoms with E-state index in [9.17, 15) is 12.8 Å². The zero-order valence-electron chi connectivity index (χ0n) is 16.9. The number of nitrogens with two attached hydrogens (primary N) is 2. The van der Waals surface area contributed by atoms with E-state index in [0.29, 0.717) is 29.8 Å². The third-order valence-corrected chi connectivity index (χ3v) is 6.35. The molecule has 160 valence electrons. The molecule has 31 heavy (non-hydrogen) atoms. The second kappa shape index (κ2) is 8.59. The van der Waals surface area contributed by atoms with Crippen LogP contribution >= 0.6 is 0 Å². The van der Waals surface area contributed by atoms with Crippen molar-refractivity contribution in [3.05, 3.63) is 78.1 Å². The molecule has 9 heteroatoms. The van der Waals surface area contributed by atoms with E-state index in [1.54, 1.807) is 12.1 Å². The molecule has 0 unspecified atom stereocenters. The van der Waals surface area contributed by atoms with Gasteiger partial charge in [0.1, 0.15) is 18.0 Å². The molecule has 2 aromatic carbocycles. The summed E-state index contributed by atoms with van der Waals surface area (Å²) in [4.78, 5) is 4.32. The standard InChI is InChI=1S/C22H22FN5O2S/c1-15(16-7-3-2-4-8-16)22-26-21(14-25-17-9-5-6-10-17)27-28(22)20-12-11-18(13-19(20)23)31(24,29)30/h3,7-8,11-13,17,25H,1,5-6,9-10,14H2,(H2,24,29,30)/p+1. The smallest absolute Gasteiger partial charge is 0.238 e. The van der Waals surface area contributed by atoms with E-state index in [0.717, 1.165) is 11.6 Å². The Balaban J connectivity index is 1.73. The molecular formula is C22H23FN5O2S+. The van der Waals surface area contributed by atoms with Crippen molar-refractivity contribution in [2.75, 3.05) is 0 Å². The monoisotopic (exact) mass is 440 g/mol. The molecule has 3 aromatic rings. The lowest BCUT2D eigenvalue weighted by atomic mass is 10.1. The van der Waals surface area contributed by atoms with Crippen molar-refractivity contribution in [2.45, 2.75) is 43.2 Å². The highest BCUT2D eigenvalue weighted by molar-refractivity contribution is 7.89. The zero-order chi connectivity index (χ0) is 22.0. The number of primary sulfonamides is 1. The highest BCUT2D eigenvalue weighted by atomic mass is 32.2. The van der Waals surface area contributed by atoms with E-state index in [1.807, 2.05) is 6.07 Å². The molecule has 0 saturated heterocycles. The third-order valence-electron chi connectivity index (χ3n) is 5.44. The number of hydrogen-bond acceptors (Lipinski definition) is 4. The molecular weight excluding hydrogens is 417 g/mol. The molecule has 0 aliphatic heterocycles. The molecule has 1 aliphatic carbocycles. The maximum atomic E-state index is 14.9. The van der Waals surface area contributed by atoms with Crippen LogP contribution in [0.25, 0.3) is 11.3 Å². The minimum absolute atomic E-state index is 0.0645. The van der Waals surface area contributed by atoms with Crippen molar-refractivity contribution in [2.24, 2.45) is 5.14 Å².